The van der Waals surface area contributed by atoms with Crippen molar-refractivity contribution >= 4 is 34.9 Å². The quantitative estimate of drug-likeness (QED) is 0.736. The summed E-state index contributed by atoms with van der Waals surface area (Å²) < 4.78 is 13.0. The second kappa shape index (κ2) is 8.21. The highest BCUT2D eigenvalue weighted by atomic mass is 32.2. The number of halogens is 1. The molecule has 3 amide bonds. The normalized spacial score (nSPS) is 22.2. The second-order valence-electron chi connectivity index (χ2n) is 7.04. The van der Waals surface area contributed by atoms with Gasteiger partial charge in [0.25, 0.3) is 11.1 Å². The van der Waals surface area contributed by atoms with E-state index in [2.05, 4.69) is 5.32 Å². The minimum absolute atomic E-state index is 0.0484. The standard InChI is InChI=1S/C22H19FN2O3S/c23-16-8-6-14(7-9-16)12-19-21(27)25(22(28)29-19)11-10-24-20(26)18-13-17(18)15-4-2-1-3-5-15/h1-9,12,17-18H,10-11,13H2,(H,24,26). The molecule has 1 N–H and O–H groups in total. The number of carbonyl (C=O) groups excluding carboxylic acids is 3. The topological polar surface area (TPSA) is 66.5 Å². The lowest BCUT2D eigenvalue weighted by molar-refractivity contribution is -0.124. The fourth-order valence-corrected chi connectivity index (χ4v) is 4.24. The summed E-state index contributed by atoms with van der Waals surface area (Å²) in [6.45, 7) is 0.346. The van der Waals surface area contributed by atoms with Crippen molar-refractivity contribution in [1.82, 2.24) is 10.2 Å². The Labute approximate surface area is 172 Å². The van der Waals surface area contributed by atoms with Crippen molar-refractivity contribution in [3.05, 3.63) is 76.4 Å². The molecule has 0 spiro atoms. The van der Waals surface area contributed by atoms with Crippen LogP contribution in [0.15, 0.2) is 59.5 Å². The van der Waals surface area contributed by atoms with Gasteiger partial charge in [0.1, 0.15) is 5.82 Å². The molecule has 2 unspecified atom stereocenters. The van der Waals surface area contributed by atoms with E-state index in [1.165, 1.54) is 12.1 Å². The van der Waals surface area contributed by atoms with Gasteiger partial charge in [-0.1, -0.05) is 42.5 Å². The number of carbonyl (C=O) groups is 3. The van der Waals surface area contributed by atoms with E-state index in [9.17, 15) is 18.8 Å². The van der Waals surface area contributed by atoms with Crippen molar-refractivity contribution in [2.45, 2.75) is 12.3 Å². The third kappa shape index (κ3) is 4.40. The minimum Gasteiger partial charge on any atom is -0.354 e. The van der Waals surface area contributed by atoms with Crippen LogP contribution < -0.4 is 5.32 Å². The van der Waals surface area contributed by atoms with Gasteiger partial charge in [0.05, 0.1) is 4.91 Å². The summed E-state index contributed by atoms with van der Waals surface area (Å²) >= 11 is 0.848. The number of imide groups is 1. The Hall–Kier alpha value is -2.93. The van der Waals surface area contributed by atoms with Gasteiger partial charge < -0.3 is 5.32 Å². The predicted octanol–water partition coefficient (Wildman–Crippen LogP) is 3.78. The maximum absolute atomic E-state index is 13.0. The molecular weight excluding hydrogens is 391 g/mol. The Morgan fingerprint density at radius 2 is 1.86 bits per heavy atom. The summed E-state index contributed by atoms with van der Waals surface area (Å²) in [5.41, 5.74) is 1.80. The maximum atomic E-state index is 13.0. The lowest BCUT2D eigenvalue weighted by Gasteiger charge is -2.13. The van der Waals surface area contributed by atoms with Crippen molar-refractivity contribution in [3.8, 4) is 0 Å². The first kappa shape index (κ1) is 19.4. The monoisotopic (exact) mass is 410 g/mol. The highest BCUT2D eigenvalue weighted by Gasteiger charge is 2.43. The van der Waals surface area contributed by atoms with Gasteiger partial charge >= 0.3 is 0 Å². The molecule has 2 fully saturated rings. The number of nitrogens with one attached hydrogen (secondary N) is 1. The van der Waals surface area contributed by atoms with Gasteiger partial charge in [-0.15, -0.1) is 0 Å². The summed E-state index contributed by atoms with van der Waals surface area (Å²) in [6.07, 6.45) is 2.38. The molecule has 2 aromatic rings. The molecule has 5 nitrogen and oxygen atoms in total. The molecule has 1 heterocycles. The third-order valence-corrected chi connectivity index (χ3v) is 5.94. The number of benzene rings is 2. The van der Waals surface area contributed by atoms with Crippen molar-refractivity contribution in [3.63, 3.8) is 0 Å². The molecular formula is C22H19FN2O3S. The number of rotatable bonds is 6. The molecule has 0 bridgehead atoms. The first-order valence-electron chi connectivity index (χ1n) is 9.36. The Kier molecular flexibility index (Phi) is 5.49. The molecule has 7 heteroatoms. The van der Waals surface area contributed by atoms with E-state index in [1.807, 2.05) is 30.3 Å². The molecule has 0 radical (unpaired) electrons. The molecule has 1 saturated carbocycles. The van der Waals surface area contributed by atoms with Crippen LogP contribution in [0.2, 0.25) is 0 Å². The first-order chi connectivity index (χ1) is 14.0. The second-order valence-corrected chi connectivity index (χ2v) is 8.03. The van der Waals surface area contributed by atoms with Gasteiger partial charge in [-0.05, 0) is 53.4 Å². The van der Waals surface area contributed by atoms with E-state index in [1.54, 1.807) is 18.2 Å². The first-order valence-corrected chi connectivity index (χ1v) is 10.2. The lowest BCUT2D eigenvalue weighted by Crippen LogP contribution is -2.37. The van der Waals surface area contributed by atoms with Crippen LogP contribution in [0.1, 0.15) is 23.5 Å². The van der Waals surface area contributed by atoms with E-state index in [0.717, 1.165) is 28.6 Å². The molecule has 4 rings (SSSR count). The fourth-order valence-electron chi connectivity index (χ4n) is 3.38. The van der Waals surface area contributed by atoms with Crippen LogP contribution in [0.25, 0.3) is 6.08 Å². The smallest absolute Gasteiger partial charge is 0.293 e. The van der Waals surface area contributed by atoms with Crippen LogP contribution in [0, 0.1) is 11.7 Å². The SMILES string of the molecule is O=C(NCCN1C(=O)SC(=Cc2ccc(F)cc2)C1=O)C1CC1c1ccccc1. The molecule has 29 heavy (non-hydrogen) atoms. The Morgan fingerprint density at radius 3 is 2.59 bits per heavy atom. The Morgan fingerprint density at radius 1 is 1.14 bits per heavy atom. The van der Waals surface area contributed by atoms with E-state index in [4.69, 9.17) is 0 Å². The van der Waals surface area contributed by atoms with Gasteiger partial charge in [-0.2, -0.15) is 0 Å². The number of amides is 3. The maximum Gasteiger partial charge on any atom is 0.293 e. The number of nitrogens with zero attached hydrogens (tertiary/aromatic N) is 1. The molecule has 1 aliphatic heterocycles. The van der Waals surface area contributed by atoms with Gasteiger partial charge in [0.2, 0.25) is 5.91 Å². The van der Waals surface area contributed by atoms with Crippen molar-refractivity contribution in [1.29, 1.82) is 0 Å². The molecule has 1 saturated heterocycles. The van der Waals surface area contributed by atoms with Gasteiger partial charge in [-0.25, -0.2) is 4.39 Å². The molecule has 2 atom stereocenters. The summed E-state index contributed by atoms with van der Waals surface area (Å²) in [5.74, 6) is -0.617. The average molecular weight is 410 g/mol. The predicted molar refractivity (Wildman–Crippen MR) is 109 cm³/mol. The zero-order valence-electron chi connectivity index (χ0n) is 15.5. The molecule has 0 aromatic heterocycles. The molecule has 148 valence electrons. The van der Waals surface area contributed by atoms with E-state index >= 15 is 0 Å². The number of hydrogen-bond acceptors (Lipinski definition) is 4. The Bertz CT molecular complexity index is 975. The minimum atomic E-state index is -0.396. The van der Waals surface area contributed by atoms with Crippen LogP contribution in [0.4, 0.5) is 9.18 Å². The van der Waals surface area contributed by atoms with Crippen LogP contribution in [0.5, 0.6) is 0 Å². The van der Waals surface area contributed by atoms with Crippen molar-refractivity contribution < 1.29 is 18.8 Å². The zero-order chi connectivity index (χ0) is 20.4. The van der Waals surface area contributed by atoms with E-state index in [-0.39, 0.29) is 41.9 Å². The lowest BCUT2D eigenvalue weighted by atomic mass is 10.1. The average Bonchev–Trinajstić information content (AvgIpc) is 3.48. The zero-order valence-corrected chi connectivity index (χ0v) is 16.3. The van der Waals surface area contributed by atoms with Crippen molar-refractivity contribution in [2.75, 3.05) is 13.1 Å². The third-order valence-electron chi connectivity index (χ3n) is 5.03. The largest absolute Gasteiger partial charge is 0.354 e. The highest BCUT2D eigenvalue weighted by molar-refractivity contribution is 8.18. The summed E-state index contributed by atoms with van der Waals surface area (Å²) in [5, 5.41) is 2.46. The van der Waals surface area contributed by atoms with Crippen molar-refractivity contribution in [2.24, 2.45) is 5.92 Å². The Balaban J connectivity index is 1.29. The van der Waals surface area contributed by atoms with E-state index in [0.29, 0.717) is 10.5 Å². The summed E-state index contributed by atoms with van der Waals surface area (Å²) in [6, 6.07) is 15.6. The number of thioether (sulfide) groups is 1. The number of hydrogen-bond donors (Lipinski definition) is 1. The summed E-state index contributed by atoms with van der Waals surface area (Å²) in [4.78, 5) is 38.4. The van der Waals surface area contributed by atoms with Gasteiger partial charge in [0, 0.05) is 19.0 Å². The molecule has 2 aliphatic rings. The van der Waals surface area contributed by atoms with Gasteiger partial charge in [-0.3, -0.25) is 19.3 Å². The van der Waals surface area contributed by atoms with Crippen LogP contribution in [-0.2, 0) is 9.59 Å². The summed E-state index contributed by atoms with van der Waals surface area (Å²) in [7, 11) is 0. The van der Waals surface area contributed by atoms with Gasteiger partial charge in [0.15, 0.2) is 0 Å². The molecule has 1 aliphatic carbocycles. The van der Waals surface area contributed by atoms with Crippen LogP contribution >= 0.6 is 11.8 Å². The van der Waals surface area contributed by atoms with E-state index < -0.39 is 5.91 Å². The molecule has 2 aromatic carbocycles. The van der Waals surface area contributed by atoms with Crippen LogP contribution in [-0.4, -0.2) is 35.0 Å². The fraction of sp³-hybridized carbons (Fsp3) is 0.227. The van der Waals surface area contributed by atoms with Crippen LogP contribution in [0.3, 0.4) is 0 Å². The highest BCUT2D eigenvalue weighted by Crippen LogP contribution is 2.47.